The average Bonchev–Trinajstić information content (AvgIpc) is 2.50. The van der Waals surface area contributed by atoms with Gasteiger partial charge in [-0.05, 0) is 6.92 Å². The number of hydrogen-bond donors (Lipinski definition) is 0. The highest BCUT2D eigenvalue weighted by atomic mass is 79.9. The van der Waals surface area contributed by atoms with Crippen LogP contribution in [0.4, 0.5) is 35.1 Å². The predicted molar refractivity (Wildman–Crippen MR) is 65.9 cm³/mol. The van der Waals surface area contributed by atoms with Crippen molar-refractivity contribution < 1.29 is 35.1 Å². The summed E-state index contributed by atoms with van der Waals surface area (Å²) in [5.41, 5.74) is -4.74. The van der Waals surface area contributed by atoms with Crippen molar-refractivity contribution in [1.29, 1.82) is 0 Å². The van der Waals surface area contributed by atoms with Crippen LogP contribution in [0.1, 0.15) is 11.1 Å². The largest absolute Gasteiger partial charge is 0.238 e. The Morgan fingerprint density at radius 2 is 1.23 bits per heavy atom. The van der Waals surface area contributed by atoms with E-state index in [9.17, 15) is 35.1 Å². The second-order valence-corrected chi connectivity index (χ2v) is 5.43. The second-order valence-electron chi connectivity index (χ2n) is 4.44. The number of hydrogen-bond acceptors (Lipinski definition) is 0. The first-order chi connectivity index (χ1) is 10.1. The Morgan fingerprint density at radius 3 is 1.68 bits per heavy atom. The number of rotatable bonds is 1. The molecule has 0 fully saturated rings. The monoisotopic (exact) mass is 392 g/mol. The molecule has 1 aromatic rings. The predicted octanol–water partition coefficient (Wildman–Crippen LogP) is 5.50. The van der Waals surface area contributed by atoms with Crippen LogP contribution in [0.25, 0.3) is 5.57 Å². The van der Waals surface area contributed by atoms with Gasteiger partial charge in [0.1, 0.15) is 10.7 Å². The molecule has 0 spiro atoms. The quantitative estimate of drug-likeness (QED) is 0.336. The van der Waals surface area contributed by atoms with E-state index in [0.29, 0.717) is 6.92 Å². The van der Waals surface area contributed by atoms with Crippen LogP contribution < -0.4 is 0 Å². The fraction of sp³-hybridized carbons (Fsp3) is 0.231. The van der Waals surface area contributed by atoms with Crippen LogP contribution in [0.15, 0.2) is 17.5 Å². The molecule has 0 bridgehead atoms. The molecule has 0 heterocycles. The van der Waals surface area contributed by atoms with Crippen molar-refractivity contribution in [2.45, 2.75) is 17.9 Å². The van der Waals surface area contributed by atoms with Crippen molar-refractivity contribution in [3.05, 3.63) is 51.9 Å². The number of alkyl halides is 2. The van der Waals surface area contributed by atoms with Crippen molar-refractivity contribution in [2.75, 3.05) is 0 Å². The SMILES string of the molecule is Cc1c(F)c(F)c(C2=C(F)C(F)C(Br)C(F)=C2F)c(F)c1F. The van der Waals surface area contributed by atoms with Gasteiger partial charge in [0.25, 0.3) is 0 Å². The molecular formula is C13H5BrF8. The van der Waals surface area contributed by atoms with Gasteiger partial charge in [0, 0.05) is 5.56 Å². The topological polar surface area (TPSA) is 0 Å². The first kappa shape index (κ1) is 17.0. The highest BCUT2D eigenvalue weighted by Crippen LogP contribution is 2.45. The first-order valence-electron chi connectivity index (χ1n) is 5.67. The average molecular weight is 393 g/mol. The summed E-state index contributed by atoms with van der Waals surface area (Å²) in [5, 5.41) is 0. The third-order valence-corrected chi connectivity index (χ3v) is 4.01. The molecule has 2 rings (SSSR count). The zero-order valence-electron chi connectivity index (χ0n) is 10.6. The van der Waals surface area contributed by atoms with Gasteiger partial charge in [0.15, 0.2) is 41.1 Å². The molecule has 2 unspecified atom stereocenters. The van der Waals surface area contributed by atoms with Gasteiger partial charge in [-0.1, -0.05) is 15.9 Å². The summed E-state index contributed by atoms with van der Waals surface area (Å²) in [6.45, 7) is 0.686. The standard InChI is InChI=1S/C13H5BrF8/c1-2-6(15)8(17)3(9(18)7(2)16)4-10(19)12(21)5(14)13(22)11(4)20/h5,12H,1H3. The van der Waals surface area contributed by atoms with E-state index in [1.165, 1.54) is 0 Å². The molecule has 0 nitrogen and oxygen atoms in total. The molecule has 0 saturated carbocycles. The summed E-state index contributed by atoms with van der Waals surface area (Å²) in [7, 11) is 0. The smallest absolute Gasteiger partial charge is 0.171 e. The minimum absolute atomic E-state index is 0.686. The molecule has 0 N–H and O–H groups in total. The highest BCUT2D eigenvalue weighted by Gasteiger charge is 2.41. The normalized spacial score (nSPS) is 22.6. The summed E-state index contributed by atoms with van der Waals surface area (Å²) in [5.74, 6) is -14.2. The van der Waals surface area contributed by atoms with Gasteiger partial charge in [-0.15, -0.1) is 0 Å². The minimum atomic E-state index is -2.82. The summed E-state index contributed by atoms with van der Waals surface area (Å²) >= 11 is 2.32. The van der Waals surface area contributed by atoms with E-state index in [-0.39, 0.29) is 0 Å². The van der Waals surface area contributed by atoms with Crippen LogP contribution in [0.5, 0.6) is 0 Å². The second kappa shape index (κ2) is 5.68. The fourth-order valence-corrected chi connectivity index (χ4v) is 2.36. The molecule has 0 amide bonds. The van der Waals surface area contributed by atoms with Crippen LogP contribution in [-0.2, 0) is 0 Å². The van der Waals surface area contributed by atoms with Gasteiger partial charge >= 0.3 is 0 Å². The van der Waals surface area contributed by atoms with E-state index >= 15 is 0 Å². The molecule has 0 radical (unpaired) electrons. The maximum atomic E-state index is 13.8. The Morgan fingerprint density at radius 1 is 0.773 bits per heavy atom. The Labute approximate surface area is 127 Å². The Bertz CT molecular complexity index is 692. The summed E-state index contributed by atoms with van der Waals surface area (Å²) < 4.78 is 109. The van der Waals surface area contributed by atoms with E-state index in [2.05, 4.69) is 15.9 Å². The summed E-state index contributed by atoms with van der Waals surface area (Å²) in [6.07, 6.45) is -2.82. The van der Waals surface area contributed by atoms with Gasteiger partial charge in [-0.2, -0.15) is 0 Å². The van der Waals surface area contributed by atoms with Crippen molar-refractivity contribution >= 4 is 21.5 Å². The van der Waals surface area contributed by atoms with Gasteiger partial charge in [0.05, 0.1) is 11.1 Å². The molecule has 0 aliphatic heterocycles. The third kappa shape index (κ3) is 2.26. The van der Waals surface area contributed by atoms with Crippen LogP contribution in [0.3, 0.4) is 0 Å². The first-order valence-corrected chi connectivity index (χ1v) is 6.59. The fourth-order valence-electron chi connectivity index (χ4n) is 1.93. The molecule has 9 heteroatoms. The Kier molecular flexibility index (Phi) is 4.38. The zero-order chi connectivity index (χ0) is 16.9. The lowest BCUT2D eigenvalue weighted by atomic mass is 9.93. The number of allylic oxidation sites excluding steroid dienone is 4. The van der Waals surface area contributed by atoms with E-state index in [0.717, 1.165) is 0 Å². The molecule has 0 aromatic heterocycles. The van der Waals surface area contributed by atoms with Crippen LogP contribution in [0, 0.1) is 30.2 Å². The Balaban J connectivity index is 2.88. The number of halogens is 9. The van der Waals surface area contributed by atoms with E-state index in [1.807, 2.05) is 0 Å². The van der Waals surface area contributed by atoms with Gasteiger partial charge < -0.3 is 0 Å². The van der Waals surface area contributed by atoms with Gasteiger partial charge in [0.2, 0.25) is 0 Å². The molecule has 1 aromatic carbocycles. The van der Waals surface area contributed by atoms with Gasteiger partial charge in [-0.3, -0.25) is 0 Å². The summed E-state index contributed by atoms with van der Waals surface area (Å²) in [4.78, 5) is -2.05. The van der Waals surface area contributed by atoms with Crippen LogP contribution in [0.2, 0.25) is 0 Å². The lowest BCUT2D eigenvalue weighted by Crippen LogP contribution is -2.24. The molecule has 1 aliphatic carbocycles. The highest BCUT2D eigenvalue weighted by molar-refractivity contribution is 9.09. The summed E-state index contributed by atoms with van der Waals surface area (Å²) in [6, 6.07) is 0. The molecule has 22 heavy (non-hydrogen) atoms. The Hall–Kier alpha value is -1.38. The maximum Gasteiger partial charge on any atom is 0.171 e. The van der Waals surface area contributed by atoms with Crippen molar-refractivity contribution in [2.24, 2.45) is 0 Å². The van der Waals surface area contributed by atoms with Crippen molar-refractivity contribution in [3.8, 4) is 0 Å². The molecule has 0 saturated heterocycles. The maximum absolute atomic E-state index is 13.8. The lowest BCUT2D eigenvalue weighted by molar-refractivity contribution is 0.307. The van der Waals surface area contributed by atoms with Crippen molar-refractivity contribution in [1.82, 2.24) is 0 Å². The van der Waals surface area contributed by atoms with Crippen LogP contribution >= 0.6 is 15.9 Å². The van der Waals surface area contributed by atoms with Gasteiger partial charge in [-0.25, -0.2) is 35.1 Å². The van der Waals surface area contributed by atoms with Crippen LogP contribution in [-0.4, -0.2) is 11.0 Å². The van der Waals surface area contributed by atoms with E-state index < -0.39 is 68.4 Å². The number of benzene rings is 1. The molecular weight excluding hydrogens is 388 g/mol. The van der Waals surface area contributed by atoms with E-state index in [4.69, 9.17) is 0 Å². The third-order valence-electron chi connectivity index (χ3n) is 3.14. The lowest BCUT2D eigenvalue weighted by Gasteiger charge is -2.22. The zero-order valence-corrected chi connectivity index (χ0v) is 12.1. The molecule has 120 valence electrons. The van der Waals surface area contributed by atoms with E-state index in [1.54, 1.807) is 0 Å². The molecule has 2 atom stereocenters. The molecule has 1 aliphatic rings. The minimum Gasteiger partial charge on any atom is -0.238 e. The van der Waals surface area contributed by atoms with Crippen molar-refractivity contribution in [3.63, 3.8) is 0 Å².